The summed E-state index contributed by atoms with van der Waals surface area (Å²) in [5.74, 6) is 0.993. The Balaban J connectivity index is 0.00000316. The zero-order valence-corrected chi connectivity index (χ0v) is 25.8. The van der Waals surface area contributed by atoms with Crippen molar-refractivity contribution in [3.63, 3.8) is 0 Å². The summed E-state index contributed by atoms with van der Waals surface area (Å²) in [5, 5.41) is 11.4. The van der Waals surface area contributed by atoms with Crippen LogP contribution in [0.25, 0.3) is 22.2 Å². The van der Waals surface area contributed by atoms with Crippen molar-refractivity contribution >= 4 is 45.2 Å². The molecule has 0 saturated carbocycles. The molecule has 4 aromatic carbocycles. The third-order valence-electron chi connectivity index (χ3n) is 7.56. The molecule has 6 aromatic rings. The minimum absolute atomic E-state index is 0. The van der Waals surface area contributed by atoms with Gasteiger partial charge in [0.25, 0.3) is 0 Å². The van der Waals surface area contributed by atoms with Crippen LogP contribution in [0, 0.1) is 6.07 Å². The second kappa shape index (κ2) is 10.7. The van der Waals surface area contributed by atoms with E-state index in [0.29, 0.717) is 5.52 Å². The molecule has 1 aliphatic heterocycles. The number of pyridine rings is 2. The van der Waals surface area contributed by atoms with E-state index in [2.05, 4.69) is 103 Å². The Labute approximate surface area is 260 Å². The number of benzene rings is 4. The Morgan fingerprint density at radius 3 is 2.21 bits per heavy atom. The van der Waals surface area contributed by atoms with Crippen LogP contribution >= 0.6 is 0 Å². The van der Waals surface area contributed by atoms with Crippen LogP contribution in [0.5, 0.6) is 5.75 Å². The Hall–Kier alpha value is -4.47. The van der Waals surface area contributed by atoms with E-state index in [-0.39, 0.29) is 32.2 Å². The van der Waals surface area contributed by atoms with E-state index in [4.69, 9.17) is 9.97 Å². The second-order valence-electron chi connectivity index (χ2n) is 11.3. The molecule has 5 nitrogen and oxygen atoms in total. The van der Waals surface area contributed by atoms with Crippen molar-refractivity contribution in [2.24, 2.45) is 0 Å². The summed E-state index contributed by atoms with van der Waals surface area (Å²) in [4.78, 5) is 14.2. The molecule has 0 unspecified atom stereocenters. The fourth-order valence-electron chi connectivity index (χ4n) is 5.45. The molecule has 0 atom stereocenters. The maximum absolute atomic E-state index is 10.5. The van der Waals surface area contributed by atoms with Crippen LogP contribution in [0.3, 0.4) is 0 Å². The van der Waals surface area contributed by atoms with Gasteiger partial charge in [-0.2, -0.15) is 0 Å². The van der Waals surface area contributed by atoms with E-state index in [1.54, 1.807) is 6.07 Å². The minimum atomic E-state index is -0.0333. The van der Waals surface area contributed by atoms with Crippen molar-refractivity contribution in [1.82, 2.24) is 9.97 Å². The van der Waals surface area contributed by atoms with Crippen LogP contribution in [0.4, 0.5) is 34.3 Å². The molecule has 0 fully saturated rings. The Morgan fingerprint density at radius 1 is 0.714 bits per heavy atom. The van der Waals surface area contributed by atoms with Crippen LogP contribution in [0.2, 0.25) is 0 Å². The molecule has 7 rings (SSSR count). The SMILES string of the molecule is CC(C)(C)c1ccnc(N2c3[c-]c(-c4ccc5cccc(O)c5n4)ccc3N(c3ccccc3)c3ccccc32)c1.[Pt]. The molecule has 0 saturated heterocycles. The third kappa shape index (κ3) is 4.74. The number of aromatic hydroxyl groups is 1. The third-order valence-corrected chi connectivity index (χ3v) is 7.56. The van der Waals surface area contributed by atoms with Crippen molar-refractivity contribution in [2.75, 3.05) is 9.80 Å². The summed E-state index contributed by atoms with van der Waals surface area (Å²) in [7, 11) is 0. The monoisotopic (exact) mass is 728 g/mol. The fourth-order valence-corrected chi connectivity index (χ4v) is 5.45. The molecule has 0 aliphatic carbocycles. The molecule has 42 heavy (non-hydrogen) atoms. The van der Waals surface area contributed by atoms with Crippen molar-refractivity contribution in [1.29, 1.82) is 0 Å². The first-order valence-corrected chi connectivity index (χ1v) is 13.7. The number of hydrogen-bond acceptors (Lipinski definition) is 5. The van der Waals surface area contributed by atoms with Crippen molar-refractivity contribution in [3.8, 4) is 17.0 Å². The molecule has 210 valence electrons. The maximum atomic E-state index is 10.5. The van der Waals surface area contributed by atoms with Crippen LogP contribution in [0.1, 0.15) is 26.3 Å². The van der Waals surface area contributed by atoms with Gasteiger partial charge in [-0.25, -0.2) is 4.98 Å². The molecule has 1 N–H and O–H groups in total. The quantitative estimate of drug-likeness (QED) is 0.184. The zero-order valence-electron chi connectivity index (χ0n) is 23.5. The fraction of sp³-hybridized carbons (Fsp3) is 0.111. The van der Waals surface area contributed by atoms with Crippen molar-refractivity contribution < 1.29 is 26.2 Å². The van der Waals surface area contributed by atoms with E-state index in [1.165, 1.54) is 5.56 Å². The molecule has 0 amide bonds. The van der Waals surface area contributed by atoms with E-state index in [1.807, 2.05) is 42.6 Å². The summed E-state index contributed by atoms with van der Waals surface area (Å²) in [6.07, 6.45) is 1.89. The number of phenolic OH excluding ortho intramolecular Hbond substituents is 1. The molecule has 3 heterocycles. The predicted octanol–water partition coefficient (Wildman–Crippen LogP) is 9.35. The van der Waals surface area contributed by atoms with Gasteiger partial charge in [0.05, 0.1) is 11.4 Å². The molecular weight excluding hydrogens is 700 g/mol. The van der Waals surface area contributed by atoms with Crippen LogP contribution in [0.15, 0.2) is 115 Å². The van der Waals surface area contributed by atoms with Crippen LogP contribution in [-0.4, -0.2) is 15.1 Å². The number of hydrogen-bond donors (Lipinski definition) is 1. The minimum Gasteiger partial charge on any atom is -0.506 e. The number of rotatable bonds is 3. The van der Waals surface area contributed by atoms with Gasteiger partial charge in [-0.1, -0.05) is 75.4 Å². The number of anilines is 6. The van der Waals surface area contributed by atoms with Gasteiger partial charge in [-0.15, -0.1) is 23.8 Å². The Kier molecular flexibility index (Phi) is 7.08. The van der Waals surface area contributed by atoms with Crippen molar-refractivity contribution in [3.05, 3.63) is 127 Å². The van der Waals surface area contributed by atoms with Crippen molar-refractivity contribution in [2.45, 2.75) is 26.2 Å². The smallest absolute Gasteiger partial charge is 0.140 e. The molecule has 1 aliphatic rings. The maximum Gasteiger partial charge on any atom is 0.140 e. The summed E-state index contributed by atoms with van der Waals surface area (Å²) < 4.78 is 0. The van der Waals surface area contributed by atoms with E-state index >= 15 is 0 Å². The number of para-hydroxylation sites is 4. The molecule has 0 radical (unpaired) electrons. The summed E-state index contributed by atoms with van der Waals surface area (Å²) in [5.41, 5.74) is 8.32. The average molecular weight is 729 g/mol. The second-order valence-corrected chi connectivity index (χ2v) is 11.3. The number of phenols is 1. The van der Waals surface area contributed by atoms with Gasteiger partial charge in [-0.3, -0.25) is 4.98 Å². The zero-order chi connectivity index (χ0) is 28.1. The van der Waals surface area contributed by atoms with Gasteiger partial charge in [-0.05, 0) is 70.5 Å². The molecule has 6 heteroatoms. The molecule has 0 spiro atoms. The Morgan fingerprint density at radius 2 is 1.45 bits per heavy atom. The number of fused-ring (bicyclic) bond motifs is 3. The van der Waals surface area contributed by atoms with Gasteiger partial charge < -0.3 is 14.9 Å². The van der Waals surface area contributed by atoms with Gasteiger partial charge in [0, 0.05) is 38.3 Å². The first-order valence-electron chi connectivity index (χ1n) is 13.7. The number of nitrogens with zero attached hydrogens (tertiary/aromatic N) is 4. The standard InChI is InChI=1S/C36H29N4O.Pt/c1-36(2,3)26-20-21-37-34(23-26)40-30-14-8-7-13-29(30)39(27-11-5-4-6-12-27)31-19-17-25(22-32(31)40)28-18-16-24-10-9-15-33(41)35(24)38-28;/h4-21,23,41H,1-3H3;/q-1;. The summed E-state index contributed by atoms with van der Waals surface area (Å²) in [6.45, 7) is 6.64. The van der Waals surface area contributed by atoms with Gasteiger partial charge >= 0.3 is 0 Å². The van der Waals surface area contributed by atoms with E-state index < -0.39 is 0 Å². The Bertz CT molecular complexity index is 1920. The normalized spacial score (nSPS) is 12.5. The van der Waals surface area contributed by atoms with Gasteiger partial charge in [0.15, 0.2) is 0 Å². The number of aromatic nitrogens is 2. The van der Waals surface area contributed by atoms with Crippen LogP contribution < -0.4 is 9.80 Å². The summed E-state index contributed by atoms with van der Waals surface area (Å²) >= 11 is 0. The first-order chi connectivity index (χ1) is 19.9. The van der Waals surface area contributed by atoms with E-state index in [0.717, 1.165) is 50.9 Å². The predicted molar refractivity (Wildman–Crippen MR) is 167 cm³/mol. The topological polar surface area (TPSA) is 52.5 Å². The van der Waals surface area contributed by atoms with Gasteiger partial charge in [0.2, 0.25) is 0 Å². The first kappa shape index (κ1) is 27.7. The molecule has 0 bridgehead atoms. The molecule has 2 aromatic heterocycles. The largest absolute Gasteiger partial charge is 0.506 e. The van der Waals surface area contributed by atoms with Crippen LogP contribution in [-0.2, 0) is 26.5 Å². The average Bonchev–Trinajstić information content (AvgIpc) is 2.99. The molecular formula is C36H29N4OPt-. The van der Waals surface area contributed by atoms with E-state index in [9.17, 15) is 5.11 Å². The summed E-state index contributed by atoms with van der Waals surface area (Å²) in [6, 6.07) is 40.4. The van der Waals surface area contributed by atoms with Gasteiger partial charge in [0.1, 0.15) is 17.1 Å².